The summed E-state index contributed by atoms with van der Waals surface area (Å²) in [6.07, 6.45) is 0. The van der Waals surface area contributed by atoms with Gasteiger partial charge in [0.2, 0.25) is 0 Å². The summed E-state index contributed by atoms with van der Waals surface area (Å²) in [6.45, 7) is 10.2. The number of hydrogen-bond acceptors (Lipinski definition) is 1. The minimum Gasteiger partial charge on any atom is -1.00 e. The Kier molecular flexibility index (Phi) is 6.88. The van der Waals surface area contributed by atoms with Crippen molar-refractivity contribution in [3.63, 3.8) is 0 Å². The fourth-order valence-corrected chi connectivity index (χ4v) is 2.14. The number of halogens is 1. The molecule has 0 heterocycles. The van der Waals surface area contributed by atoms with E-state index in [0.29, 0.717) is 0 Å². The van der Waals surface area contributed by atoms with Gasteiger partial charge in [-0.1, -0.05) is 12.1 Å². The second-order valence-corrected chi connectivity index (χ2v) is 3.92. The first-order valence-electron chi connectivity index (χ1n) is 5.78. The van der Waals surface area contributed by atoms with Crippen LogP contribution in [0, 0.1) is 0 Å². The second-order valence-electron chi connectivity index (χ2n) is 3.92. The number of aliphatic hydroxyl groups is 1. The van der Waals surface area contributed by atoms with Crippen molar-refractivity contribution in [3.8, 4) is 0 Å². The molecule has 1 aromatic rings. The third kappa shape index (κ3) is 3.06. The van der Waals surface area contributed by atoms with Gasteiger partial charge in [0.25, 0.3) is 0 Å². The van der Waals surface area contributed by atoms with Gasteiger partial charge in [0.15, 0.2) is 0 Å². The van der Waals surface area contributed by atoms with E-state index in [0.717, 1.165) is 29.7 Å². The van der Waals surface area contributed by atoms with E-state index >= 15 is 0 Å². The standard InChI is InChI=1S/C13H22NO.BrH/c1-4-14(5-2,6-3)13-9-7-12(11-15)8-10-13;/h7-10,15H,4-6,11H2,1-3H3;1H/q+1;/p-1. The molecule has 0 fully saturated rings. The molecule has 0 bridgehead atoms. The molecule has 0 unspecified atom stereocenters. The van der Waals surface area contributed by atoms with E-state index in [2.05, 4.69) is 32.9 Å². The van der Waals surface area contributed by atoms with E-state index in [4.69, 9.17) is 5.11 Å². The quantitative estimate of drug-likeness (QED) is 0.728. The van der Waals surface area contributed by atoms with Crippen LogP contribution in [0.25, 0.3) is 0 Å². The highest BCUT2D eigenvalue weighted by atomic mass is 79.9. The highest BCUT2D eigenvalue weighted by Gasteiger charge is 2.23. The van der Waals surface area contributed by atoms with E-state index in [1.54, 1.807) is 0 Å². The van der Waals surface area contributed by atoms with Crippen LogP contribution in [0.5, 0.6) is 0 Å². The van der Waals surface area contributed by atoms with Crippen LogP contribution < -0.4 is 21.5 Å². The minimum atomic E-state index is 0. The second kappa shape index (κ2) is 7.05. The van der Waals surface area contributed by atoms with Crippen molar-refractivity contribution in [2.75, 3.05) is 19.6 Å². The van der Waals surface area contributed by atoms with Gasteiger partial charge in [0.1, 0.15) is 5.69 Å². The zero-order valence-electron chi connectivity index (χ0n) is 10.4. The number of nitrogens with zero attached hydrogens (tertiary/aromatic N) is 1. The number of benzene rings is 1. The summed E-state index contributed by atoms with van der Waals surface area (Å²) in [5.41, 5.74) is 2.33. The zero-order chi connectivity index (χ0) is 11.3. The van der Waals surface area contributed by atoms with Gasteiger partial charge in [0.05, 0.1) is 26.2 Å². The van der Waals surface area contributed by atoms with Crippen LogP contribution in [0.4, 0.5) is 5.69 Å². The van der Waals surface area contributed by atoms with Crippen LogP contribution in [0.15, 0.2) is 24.3 Å². The first-order chi connectivity index (χ1) is 7.22. The molecule has 16 heavy (non-hydrogen) atoms. The molecule has 1 aromatic carbocycles. The van der Waals surface area contributed by atoms with Crippen LogP contribution in [-0.4, -0.2) is 24.7 Å². The Morgan fingerprint density at radius 1 is 0.938 bits per heavy atom. The molecule has 0 saturated carbocycles. The molecule has 0 saturated heterocycles. The first-order valence-corrected chi connectivity index (χ1v) is 5.78. The summed E-state index contributed by atoms with van der Waals surface area (Å²) in [6, 6.07) is 8.32. The predicted molar refractivity (Wildman–Crippen MR) is 65.8 cm³/mol. The van der Waals surface area contributed by atoms with Gasteiger partial charge in [-0.25, -0.2) is 0 Å². The number of quaternary nitrogens is 1. The Balaban J connectivity index is 0.00000225. The fourth-order valence-electron chi connectivity index (χ4n) is 2.14. The minimum absolute atomic E-state index is 0. The molecular formula is C13H22BrNO. The highest BCUT2D eigenvalue weighted by molar-refractivity contribution is 5.44. The Morgan fingerprint density at radius 3 is 1.69 bits per heavy atom. The Morgan fingerprint density at radius 2 is 1.38 bits per heavy atom. The number of hydrogen-bond donors (Lipinski definition) is 1. The zero-order valence-corrected chi connectivity index (χ0v) is 12.0. The van der Waals surface area contributed by atoms with Gasteiger partial charge in [0, 0.05) is 0 Å². The third-order valence-corrected chi connectivity index (χ3v) is 3.48. The summed E-state index contributed by atoms with van der Waals surface area (Å²) in [5.74, 6) is 0. The molecule has 2 nitrogen and oxygen atoms in total. The maximum Gasteiger partial charge on any atom is 0.132 e. The topological polar surface area (TPSA) is 20.2 Å². The van der Waals surface area contributed by atoms with Gasteiger partial charge >= 0.3 is 0 Å². The normalized spacial score (nSPS) is 11.0. The maximum absolute atomic E-state index is 9.00. The van der Waals surface area contributed by atoms with Gasteiger partial charge in [-0.15, -0.1) is 0 Å². The molecule has 0 radical (unpaired) electrons. The number of aliphatic hydroxyl groups excluding tert-OH is 1. The lowest BCUT2D eigenvalue weighted by Gasteiger charge is -2.35. The average Bonchev–Trinajstić information content (AvgIpc) is 2.33. The van der Waals surface area contributed by atoms with Gasteiger partial charge in [-0.3, -0.25) is 4.48 Å². The monoisotopic (exact) mass is 287 g/mol. The van der Waals surface area contributed by atoms with Crippen molar-refractivity contribution in [2.24, 2.45) is 0 Å². The highest BCUT2D eigenvalue weighted by Crippen LogP contribution is 2.23. The first kappa shape index (κ1) is 15.6. The molecule has 0 amide bonds. The summed E-state index contributed by atoms with van der Waals surface area (Å²) in [5, 5.41) is 9.00. The molecule has 0 aliphatic carbocycles. The Hall–Kier alpha value is -0.380. The average molecular weight is 288 g/mol. The van der Waals surface area contributed by atoms with Crippen molar-refractivity contribution in [1.29, 1.82) is 0 Å². The van der Waals surface area contributed by atoms with E-state index in [1.165, 1.54) is 5.69 Å². The molecule has 1 N–H and O–H groups in total. The van der Waals surface area contributed by atoms with Crippen molar-refractivity contribution in [2.45, 2.75) is 27.4 Å². The van der Waals surface area contributed by atoms with E-state index < -0.39 is 0 Å². The van der Waals surface area contributed by atoms with Crippen LogP contribution >= 0.6 is 0 Å². The predicted octanol–water partition coefficient (Wildman–Crippen LogP) is -0.450. The summed E-state index contributed by atoms with van der Waals surface area (Å²) in [7, 11) is 0. The van der Waals surface area contributed by atoms with Crippen LogP contribution in [0.3, 0.4) is 0 Å². The molecule has 0 aromatic heterocycles. The summed E-state index contributed by atoms with van der Waals surface area (Å²) >= 11 is 0. The molecule has 0 aliphatic rings. The number of rotatable bonds is 5. The van der Waals surface area contributed by atoms with Gasteiger partial charge in [-0.05, 0) is 38.5 Å². The molecule has 0 atom stereocenters. The third-order valence-electron chi connectivity index (χ3n) is 3.48. The summed E-state index contributed by atoms with van der Waals surface area (Å²) in [4.78, 5) is 0. The van der Waals surface area contributed by atoms with E-state index in [9.17, 15) is 0 Å². The molecule has 92 valence electrons. The Bertz CT molecular complexity index is 285. The van der Waals surface area contributed by atoms with Crippen molar-refractivity contribution >= 4 is 5.69 Å². The Labute approximate surface area is 109 Å². The lowest BCUT2D eigenvalue weighted by atomic mass is 10.1. The van der Waals surface area contributed by atoms with Gasteiger partial charge < -0.3 is 22.1 Å². The SMILES string of the molecule is CC[N+](CC)(CC)c1ccc(CO)cc1.[Br-]. The largest absolute Gasteiger partial charge is 1.00 e. The molecule has 1 rings (SSSR count). The van der Waals surface area contributed by atoms with Crippen LogP contribution in [-0.2, 0) is 6.61 Å². The lowest BCUT2D eigenvalue weighted by molar-refractivity contribution is -0.00000422. The molecule has 0 spiro atoms. The fraction of sp³-hybridized carbons (Fsp3) is 0.538. The van der Waals surface area contributed by atoms with Crippen molar-refractivity contribution < 1.29 is 22.1 Å². The molecule has 3 heteroatoms. The van der Waals surface area contributed by atoms with Gasteiger partial charge in [-0.2, -0.15) is 0 Å². The molecular weight excluding hydrogens is 266 g/mol. The van der Waals surface area contributed by atoms with Crippen LogP contribution in [0.2, 0.25) is 0 Å². The van der Waals surface area contributed by atoms with E-state index in [-0.39, 0.29) is 23.6 Å². The van der Waals surface area contributed by atoms with E-state index in [1.807, 2.05) is 12.1 Å². The molecule has 0 aliphatic heterocycles. The maximum atomic E-state index is 9.00. The van der Waals surface area contributed by atoms with Crippen LogP contribution in [0.1, 0.15) is 26.3 Å². The summed E-state index contributed by atoms with van der Waals surface area (Å²) < 4.78 is 1.02. The smallest absolute Gasteiger partial charge is 0.132 e. The lowest BCUT2D eigenvalue weighted by Crippen LogP contribution is -3.00. The van der Waals surface area contributed by atoms with Crippen molar-refractivity contribution in [3.05, 3.63) is 29.8 Å². The van der Waals surface area contributed by atoms with Crippen molar-refractivity contribution in [1.82, 2.24) is 4.48 Å².